The fourth-order valence-corrected chi connectivity index (χ4v) is 1.57. The molecule has 1 aromatic rings. The van der Waals surface area contributed by atoms with Crippen LogP contribution in [0, 0.1) is 11.3 Å². The predicted octanol–water partition coefficient (Wildman–Crippen LogP) is 2.79. The highest BCUT2D eigenvalue weighted by Crippen LogP contribution is 2.29. The summed E-state index contributed by atoms with van der Waals surface area (Å²) in [5, 5.41) is 8.42. The fraction of sp³-hybridized carbons (Fsp3) is 0.500. The third-order valence-electron chi connectivity index (χ3n) is 2.65. The van der Waals surface area contributed by atoms with Crippen molar-refractivity contribution in [2.75, 3.05) is 13.7 Å². The standard InChI is InChI=1S/C14H20N2O2/c1-11(16)12-6-7-13(14(10-12)17-2)18-9-5-3-4-8-15/h6-7,10-11H,3-5,9,16H2,1-2H3/t11-/m1/s1. The van der Waals surface area contributed by atoms with Gasteiger partial charge in [0.2, 0.25) is 0 Å². The molecule has 1 rings (SSSR count). The Balaban J connectivity index is 2.57. The van der Waals surface area contributed by atoms with Crippen LogP contribution in [0.25, 0.3) is 0 Å². The van der Waals surface area contributed by atoms with Crippen LogP contribution >= 0.6 is 0 Å². The van der Waals surface area contributed by atoms with E-state index in [1.54, 1.807) is 7.11 Å². The second-order valence-electron chi connectivity index (χ2n) is 4.16. The molecular formula is C14H20N2O2. The lowest BCUT2D eigenvalue weighted by molar-refractivity contribution is 0.286. The van der Waals surface area contributed by atoms with Crippen molar-refractivity contribution in [1.29, 1.82) is 5.26 Å². The largest absolute Gasteiger partial charge is 0.493 e. The summed E-state index contributed by atoms with van der Waals surface area (Å²) in [6, 6.07) is 7.81. The van der Waals surface area contributed by atoms with E-state index in [1.807, 2.05) is 25.1 Å². The van der Waals surface area contributed by atoms with Gasteiger partial charge in [0.05, 0.1) is 19.8 Å². The zero-order chi connectivity index (χ0) is 13.4. The van der Waals surface area contributed by atoms with Crippen molar-refractivity contribution in [3.63, 3.8) is 0 Å². The number of rotatable bonds is 7. The van der Waals surface area contributed by atoms with Crippen LogP contribution in [-0.4, -0.2) is 13.7 Å². The van der Waals surface area contributed by atoms with Gasteiger partial charge in [-0.25, -0.2) is 0 Å². The van der Waals surface area contributed by atoms with E-state index in [-0.39, 0.29) is 6.04 Å². The molecule has 0 radical (unpaired) electrons. The molecule has 0 unspecified atom stereocenters. The van der Waals surface area contributed by atoms with Crippen LogP contribution in [0.3, 0.4) is 0 Å². The van der Waals surface area contributed by atoms with E-state index in [0.717, 1.165) is 24.2 Å². The lowest BCUT2D eigenvalue weighted by atomic mass is 10.1. The van der Waals surface area contributed by atoms with Gasteiger partial charge in [0, 0.05) is 12.5 Å². The maximum atomic E-state index is 8.42. The second-order valence-corrected chi connectivity index (χ2v) is 4.16. The van der Waals surface area contributed by atoms with Gasteiger partial charge in [0.1, 0.15) is 0 Å². The molecule has 0 aromatic heterocycles. The normalized spacial score (nSPS) is 11.7. The summed E-state index contributed by atoms with van der Waals surface area (Å²) in [6.45, 7) is 2.52. The Morgan fingerprint density at radius 3 is 2.72 bits per heavy atom. The third kappa shape index (κ3) is 4.27. The van der Waals surface area contributed by atoms with Gasteiger partial charge in [0.15, 0.2) is 11.5 Å². The van der Waals surface area contributed by atoms with Gasteiger partial charge >= 0.3 is 0 Å². The van der Waals surface area contributed by atoms with E-state index >= 15 is 0 Å². The van der Waals surface area contributed by atoms with Crippen molar-refractivity contribution in [3.8, 4) is 17.6 Å². The van der Waals surface area contributed by atoms with E-state index in [9.17, 15) is 0 Å². The summed E-state index contributed by atoms with van der Waals surface area (Å²) in [6.07, 6.45) is 2.30. The predicted molar refractivity (Wildman–Crippen MR) is 70.6 cm³/mol. The molecule has 1 aromatic carbocycles. The first kappa shape index (κ1) is 14.3. The molecule has 0 heterocycles. The number of ether oxygens (including phenoxy) is 2. The number of hydrogen-bond acceptors (Lipinski definition) is 4. The maximum absolute atomic E-state index is 8.42. The fourth-order valence-electron chi connectivity index (χ4n) is 1.57. The van der Waals surface area contributed by atoms with Crippen LogP contribution < -0.4 is 15.2 Å². The van der Waals surface area contributed by atoms with Crippen molar-refractivity contribution >= 4 is 0 Å². The quantitative estimate of drug-likeness (QED) is 0.753. The highest BCUT2D eigenvalue weighted by molar-refractivity contribution is 5.43. The first-order valence-electron chi connectivity index (χ1n) is 6.12. The van der Waals surface area contributed by atoms with Gasteiger partial charge in [-0.2, -0.15) is 5.26 Å². The average Bonchev–Trinajstić information content (AvgIpc) is 2.38. The van der Waals surface area contributed by atoms with Gasteiger partial charge in [-0.1, -0.05) is 6.07 Å². The lowest BCUT2D eigenvalue weighted by Crippen LogP contribution is -2.06. The summed E-state index contributed by atoms with van der Waals surface area (Å²) in [4.78, 5) is 0. The number of nitrogens with zero attached hydrogens (tertiary/aromatic N) is 1. The Morgan fingerprint density at radius 1 is 1.33 bits per heavy atom. The van der Waals surface area contributed by atoms with Crippen molar-refractivity contribution < 1.29 is 9.47 Å². The minimum Gasteiger partial charge on any atom is -0.493 e. The van der Waals surface area contributed by atoms with E-state index in [0.29, 0.717) is 18.8 Å². The zero-order valence-electron chi connectivity index (χ0n) is 11.0. The third-order valence-corrected chi connectivity index (χ3v) is 2.65. The Kier molecular flexibility index (Phi) is 6.03. The molecule has 0 aliphatic heterocycles. The summed E-state index contributed by atoms with van der Waals surface area (Å²) in [7, 11) is 1.61. The van der Waals surface area contributed by atoms with Crippen molar-refractivity contribution in [2.24, 2.45) is 5.73 Å². The number of hydrogen-bond donors (Lipinski definition) is 1. The maximum Gasteiger partial charge on any atom is 0.161 e. The molecule has 4 nitrogen and oxygen atoms in total. The van der Waals surface area contributed by atoms with Crippen molar-refractivity contribution in [3.05, 3.63) is 23.8 Å². The monoisotopic (exact) mass is 248 g/mol. The zero-order valence-corrected chi connectivity index (χ0v) is 11.0. The molecule has 0 aliphatic carbocycles. The molecular weight excluding hydrogens is 228 g/mol. The summed E-state index contributed by atoms with van der Waals surface area (Å²) in [5.74, 6) is 1.42. The van der Waals surface area contributed by atoms with Crippen LogP contribution in [0.2, 0.25) is 0 Å². The Bertz CT molecular complexity index is 411. The Labute approximate surface area is 108 Å². The summed E-state index contributed by atoms with van der Waals surface area (Å²) < 4.78 is 10.9. The van der Waals surface area contributed by atoms with Crippen LogP contribution in [0.5, 0.6) is 11.5 Å². The molecule has 1 atom stereocenters. The summed E-state index contributed by atoms with van der Waals surface area (Å²) in [5.41, 5.74) is 6.83. The Morgan fingerprint density at radius 2 is 2.11 bits per heavy atom. The van der Waals surface area contributed by atoms with E-state index in [2.05, 4.69) is 6.07 Å². The lowest BCUT2D eigenvalue weighted by Gasteiger charge is -2.13. The van der Waals surface area contributed by atoms with Crippen LogP contribution in [0.1, 0.15) is 37.8 Å². The molecule has 18 heavy (non-hydrogen) atoms. The van der Waals surface area contributed by atoms with E-state index in [1.165, 1.54) is 0 Å². The molecule has 4 heteroatoms. The topological polar surface area (TPSA) is 68.3 Å². The smallest absolute Gasteiger partial charge is 0.161 e. The molecule has 0 fully saturated rings. The second kappa shape index (κ2) is 7.57. The molecule has 0 saturated heterocycles. The first-order valence-corrected chi connectivity index (χ1v) is 6.12. The van der Waals surface area contributed by atoms with Crippen LogP contribution in [-0.2, 0) is 0 Å². The number of methoxy groups -OCH3 is 1. The van der Waals surface area contributed by atoms with Gasteiger partial charge in [0.25, 0.3) is 0 Å². The van der Waals surface area contributed by atoms with Crippen LogP contribution in [0.4, 0.5) is 0 Å². The minimum absolute atomic E-state index is 0.0245. The highest BCUT2D eigenvalue weighted by atomic mass is 16.5. The molecule has 0 amide bonds. The number of unbranched alkanes of at least 4 members (excludes halogenated alkanes) is 2. The van der Waals surface area contributed by atoms with Crippen molar-refractivity contribution in [1.82, 2.24) is 0 Å². The minimum atomic E-state index is -0.0245. The highest BCUT2D eigenvalue weighted by Gasteiger charge is 2.07. The molecule has 0 saturated carbocycles. The Hall–Kier alpha value is -1.73. The number of benzene rings is 1. The van der Waals surface area contributed by atoms with Gasteiger partial charge in [-0.15, -0.1) is 0 Å². The number of nitrogens with two attached hydrogens (primary N) is 1. The van der Waals surface area contributed by atoms with Crippen LogP contribution in [0.15, 0.2) is 18.2 Å². The SMILES string of the molecule is COc1cc([C@@H](C)N)ccc1OCCCCC#N. The number of nitriles is 1. The first-order chi connectivity index (χ1) is 8.69. The molecule has 0 bridgehead atoms. The average molecular weight is 248 g/mol. The molecule has 2 N–H and O–H groups in total. The summed E-state index contributed by atoms with van der Waals surface area (Å²) >= 11 is 0. The molecule has 0 aliphatic rings. The molecule has 98 valence electrons. The van der Waals surface area contributed by atoms with Gasteiger partial charge in [-0.3, -0.25) is 0 Å². The van der Waals surface area contributed by atoms with Gasteiger partial charge in [-0.05, 0) is 37.5 Å². The van der Waals surface area contributed by atoms with Gasteiger partial charge < -0.3 is 15.2 Å². The van der Waals surface area contributed by atoms with Crippen molar-refractivity contribution in [2.45, 2.75) is 32.2 Å². The van der Waals surface area contributed by atoms with E-state index < -0.39 is 0 Å². The molecule has 0 spiro atoms. The van der Waals surface area contributed by atoms with E-state index in [4.69, 9.17) is 20.5 Å².